The SMILES string of the molecule is CC12C=CC(O1)C1(CC(=O)OC1=O)C2. The summed E-state index contributed by atoms with van der Waals surface area (Å²) in [6.45, 7) is 1.92. The monoisotopic (exact) mass is 194 g/mol. The van der Waals surface area contributed by atoms with Gasteiger partial charge in [-0.25, -0.2) is 0 Å². The highest BCUT2D eigenvalue weighted by molar-refractivity contribution is 5.98. The summed E-state index contributed by atoms with van der Waals surface area (Å²) in [7, 11) is 0. The van der Waals surface area contributed by atoms with Gasteiger partial charge in [-0.2, -0.15) is 0 Å². The maximum Gasteiger partial charge on any atom is 0.323 e. The highest BCUT2D eigenvalue weighted by Gasteiger charge is 2.64. The lowest BCUT2D eigenvalue weighted by molar-refractivity contribution is -0.155. The number of cyclic esters (lactones) is 2. The number of ether oxygens (including phenoxy) is 2. The third kappa shape index (κ3) is 0.773. The molecule has 2 bridgehead atoms. The molecule has 2 saturated heterocycles. The van der Waals surface area contributed by atoms with Gasteiger partial charge in [-0.05, 0) is 13.3 Å². The largest absolute Gasteiger partial charge is 0.393 e. The minimum Gasteiger partial charge on any atom is -0.393 e. The van der Waals surface area contributed by atoms with Crippen LogP contribution in [0, 0.1) is 5.41 Å². The van der Waals surface area contributed by atoms with E-state index in [-0.39, 0.29) is 18.1 Å². The highest BCUT2D eigenvalue weighted by Crippen LogP contribution is 2.54. The lowest BCUT2D eigenvalue weighted by Crippen LogP contribution is -2.35. The first kappa shape index (κ1) is 8.17. The van der Waals surface area contributed by atoms with E-state index in [1.54, 1.807) is 0 Å². The number of rotatable bonds is 0. The molecule has 3 atom stereocenters. The zero-order valence-electron chi connectivity index (χ0n) is 7.78. The summed E-state index contributed by atoms with van der Waals surface area (Å²) < 4.78 is 10.3. The third-order valence-corrected chi connectivity index (χ3v) is 3.30. The van der Waals surface area contributed by atoms with Crippen molar-refractivity contribution in [2.75, 3.05) is 0 Å². The van der Waals surface area contributed by atoms with Gasteiger partial charge in [0.1, 0.15) is 5.41 Å². The van der Waals surface area contributed by atoms with E-state index < -0.39 is 17.4 Å². The Morgan fingerprint density at radius 1 is 1.50 bits per heavy atom. The Morgan fingerprint density at radius 2 is 2.29 bits per heavy atom. The number of fused-ring (bicyclic) bond motifs is 3. The second kappa shape index (κ2) is 2.08. The van der Waals surface area contributed by atoms with Gasteiger partial charge in [-0.1, -0.05) is 12.2 Å². The number of hydrogen-bond acceptors (Lipinski definition) is 4. The van der Waals surface area contributed by atoms with Crippen molar-refractivity contribution in [3.8, 4) is 0 Å². The fraction of sp³-hybridized carbons (Fsp3) is 0.600. The summed E-state index contributed by atoms with van der Waals surface area (Å²) in [4.78, 5) is 22.7. The zero-order chi connectivity index (χ0) is 9.97. The lowest BCUT2D eigenvalue weighted by Gasteiger charge is -2.23. The Hall–Kier alpha value is -1.16. The van der Waals surface area contributed by atoms with Crippen molar-refractivity contribution < 1.29 is 19.1 Å². The summed E-state index contributed by atoms with van der Waals surface area (Å²) in [5.41, 5.74) is -1.10. The van der Waals surface area contributed by atoms with Gasteiger partial charge >= 0.3 is 11.9 Å². The molecule has 14 heavy (non-hydrogen) atoms. The van der Waals surface area contributed by atoms with Crippen molar-refractivity contribution in [1.29, 1.82) is 0 Å². The smallest absolute Gasteiger partial charge is 0.323 e. The van der Waals surface area contributed by atoms with Crippen LogP contribution in [0.15, 0.2) is 12.2 Å². The molecule has 3 unspecified atom stereocenters. The fourth-order valence-electron chi connectivity index (χ4n) is 2.71. The van der Waals surface area contributed by atoms with Crippen LogP contribution in [0.5, 0.6) is 0 Å². The summed E-state index contributed by atoms with van der Waals surface area (Å²) in [5.74, 6) is -0.844. The molecule has 0 radical (unpaired) electrons. The van der Waals surface area contributed by atoms with Crippen LogP contribution in [-0.2, 0) is 19.1 Å². The maximum absolute atomic E-state index is 11.6. The van der Waals surface area contributed by atoms with Gasteiger partial charge in [0.15, 0.2) is 0 Å². The topological polar surface area (TPSA) is 52.6 Å². The number of carbonyl (C=O) groups excluding carboxylic acids is 2. The predicted molar refractivity (Wildman–Crippen MR) is 45.2 cm³/mol. The average Bonchev–Trinajstić information content (AvgIpc) is 2.64. The van der Waals surface area contributed by atoms with Crippen LogP contribution in [0.1, 0.15) is 19.8 Å². The van der Waals surface area contributed by atoms with Crippen molar-refractivity contribution >= 4 is 11.9 Å². The molecule has 0 aliphatic carbocycles. The maximum atomic E-state index is 11.6. The van der Waals surface area contributed by atoms with Gasteiger partial charge < -0.3 is 9.47 Å². The van der Waals surface area contributed by atoms with Gasteiger partial charge in [0.25, 0.3) is 0 Å². The Morgan fingerprint density at radius 3 is 2.71 bits per heavy atom. The molecule has 74 valence electrons. The second-order valence-corrected chi connectivity index (χ2v) is 4.48. The molecule has 4 heteroatoms. The van der Waals surface area contributed by atoms with Crippen molar-refractivity contribution in [2.24, 2.45) is 5.41 Å². The Bertz CT molecular complexity index is 372. The molecule has 3 rings (SSSR count). The predicted octanol–water partition coefficient (Wildman–Crippen LogP) is 0.564. The molecular formula is C10H10O4. The van der Waals surface area contributed by atoms with E-state index in [0.29, 0.717) is 6.42 Å². The molecule has 0 aromatic rings. The van der Waals surface area contributed by atoms with Gasteiger partial charge in [-0.15, -0.1) is 0 Å². The quantitative estimate of drug-likeness (QED) is 0.321. The molecule has 1 spiro atoms. The summed E-state index contributed by atoms with van der Waals surface area (Å²) in [6.07, 6.45) is 4.27. The standard InChI is InChI=1S/C10H10O4/c1-9-3-2-6(14-9)10(5-9)4-7(11)13-8(10)12/h2-3,6H,4-5H2,1H3. The molecule has 2 fully saturated rings. The van der Waals surface area contributed by atoms with Gasteiger partial charge in [0.2, 0.25) is 0 Å². The first-order chi connectivity index (χ1) is 6.54. The van der Waals surface area contributed by atoms with Crippen LogP contribution < -0.4 is 0 Å². The van der Waals surface area contributed by atoms with E-state index in [9.17, 15) is 9.59 Å². The van der Waals surface area contributed by atoms with E-state index in [2.05, 4.69) is 4.74 Å². The first-order valence-corrected chi connectivity index (χ1v) is 4.66. The van der Waals surface area contributed by atoms with E-state index in [0.717, 1.165) is 0 Å². The summed E-state index contributed by atoms with van der Waals surface area (Å²) in [6, 6.07) is 0. The minimum absolute atomic E-state index is 0.163. The summed E-state index contributed by atoms with van der Waals surface area (Å²) in [5, 5.41) is 0. The molecule has 0 saturated carbocycles. The third-order valence-electron chi connectivity index (χ3n) is 3.30. The van der Waals surface area contributed by atoms with Crippen molar-refractivity contribution in [3.05, 3.63) is 12.2 Å². The van der Waals surface area contributed by atoms with Crippen molar-refractivity contribution in [2.45, 2.75) is 31.5 Å². The van der Waals surface area contributed by atoms with Crippen LogP contribution in [0.3, 0.4) is 0 Å². The molecule has 0 amide bonds. The zero-order valence-corrected chi connectivity index (χ0v) is 7.78. The van der Waals surface area contributed by atoms with Crippen LogP contribution in [0.25, 0.3) is 0 Å². The normalized spacial score (nSPS) is 49.4. The molecule has 0 aromatic heterocycles. The van der Waals surface area contributed by atoms with E-state index in [1.807, 2.05) is 19.1 Å². The van der Waals surface area contributed by atoms with Crippen LogP contribution in [0.4, 0.5) is 0 Å². The Kier molecular flexibility index (Phi) is 1.22. The second-order valence-electron chi connectivity index (χ2n) is 4.48. The highest BCUT2D eigenvalue weighted by atomic mass is 16.6. The Balaban J connectivity index is 2.05. The average molecular weight is 194 g/mol. The molecule has 3 aliphatic rings. The first-order valence-electron chi connectivity index (χ1n) is 4.66. The molecule has 3 heterocycles. The lowest BCUT2D eigenvalue weighted by atomic mass is 9.72. The van der Waals surface area contributed by atoms with Crippen molar-refractivity contribution in [3.63, 3.8) is 0 Å². The van der Waals surface area contributed by atoms with Crippen LogP contribution >= 0.6 is 0 Å². The van der Waals surface area contributed by atoms with Gasteiger partial charge in [-0.3, -0.25) is 9.59 Å². The Labute approximate surface area is 80.9 Å². The van der Waals surface area contributed by atoms with Gasteiger partial charge in [0, 0.05) is 0 Å². The number of carbonyl (C=O) groups is 2. The van der Waals surface area contributed by atoms with E-state index in [1.165, 1.54) is 0 Å². The molecule has 4 nitrogen and oxygen atoms in total. The van der Waals surface area contributed by atoms with Crippen molar-refractivity contribution in [1.82, 2.24) is 0 Å². The van der Waals surface area contributed by atoms with Crippen LogP contribution in [-0.4, -0.2) is 23.6 Å². The summed E-state index contributed by atoms with van der Waals surface area (Å²) >= 11 is 0. The number of hydrogen-bond donors (Lipinski definition) is 0. The molecule has 3 aliphatic heterocycles. The number of esters is 2. The van der Waals surface area contributed by atoms with Crippen LogP contribution in [0.2, 0.25) is 0 Å². The molecule has 0 aromatic carbocycles. The fourth-order valence-corrected chi connectivity index (χ4v) is 2.71. The molecular weight excluding hydrogens is 184 g/mol. The minimum atomic E-state index is -0.722. The molecule has 0 N–H and O–H groups in total. The van der Waals surface area contributed by atoms with Gasteiger partial charge in [0.05, 0.1) is 18.1 Å². The van der Waals surface area contributed by atoms with E-state index in [4.69, 9.17) is 4.74 Å². The van der Waals surface area contributed by atoms with E-state index >= 15 is 0 Å².